The van der Waals surface area contributed by atoms with E-state index in [2.05, 4.69) is 4.98 Å². The summed E-state index contributed by atoms with van der Waals surface area (Å²) >= 11 is 0. The van der Waals surface area contributed by atoms with Gasteiger partial charge in [-0.1, -0.05) is 48.5 Å². The number of ketones is 1. The fourth-order valence-corrected chi connectivity index (χ4v) is 6.00. The zero-order chi connectivity index (χ0) is 24.3. The number of sulfone groups is 1. The minimum atomic E-state index is -3.64. The number of imidazole rings is 1. The van der Waals surface area contributed by atoms with Gasteiger partial charge in [-0.3, -0.25) is 4.79 Å². The van der Waals surface area contributed by atoms with Crippen LogP contribution in [-0.4, -0.2) is 23.8 Å². The largest absolute Gasteiger partial charge is 0.484 e. The number of benzene rings is 3. The predicted octanol–water partition coefficient (Wildman–Crippen LogP) is 5.20. The molecule has 1 aliphatic rings. The average Bonchev–Trinajstić information content (AvgIpc) is 3.39. The van der Waals surface area contributed by atoms with Crippen LogP contribution in [-0.2, 0) is 28.6 Å². The number of ether oxygens (including phenoxy) is 1. The molecular formula is C28H26N2O4S. The quantitative estimate of drug-likeness (QED) is 0.342. The van der Waals surface area contributed by atoms with Gasteiger partial charge in [0.05, 0.1) is 23.5 Å². The molecule has 0 bridgehead atoms. The molecule has 178 valence electrons. The summed E-state index contributed by atoms with van der Waals surface area (Å²) in [5.74, 6) is 0.316. The number of nitrogens with zero attached hydrogens (tertiary/aromatic N) is 2. The van der Waals surface area contributed by atoms with Gasteiger partial charge in [-0.05, 0) is 48.2 Å². The van der Waals surface area contributed by atoms with Crippen molar-refractivity contribution in [2.75, 3.05) is 0 Å². The second-order valence-electron chi connectivity index (χ2n) is 8.69. The lowest BCUT2D eigenvalue weighted by atomic mass is 9.87. The maximum absolute atomic E-state index is 13.4. The molecule has 35 heavy (non-hydrogen) atoms. The van der Waals surface area contributed by atoms with E-state index in [9.17, 15) is 13.2 Å². The summed E-state index contributed by atoms with van der Waals surface area (Å²) in [5.41, 5.74) is 2.93. The molecule has 0 saturated carbocycles. The second kappa shape index (κ2) is 9.88. The van der Waals surface area contributed by atoms with E-state index in [1.54, 1.807) is 55.0 Å². The maximum atomic E-state index is 13.4. The molecule has 4 aromatic rings. The number of rotatable bonds is 8. The number of Topliss-reactive ketones (excluding diaryl/α,β-unsaturated/α-hetero) is 1. The third-order valence-electron chi connectivity index (χ3n) is 6.33. The number of fused-ring (bicyclic) bond motifs is 1. The summed E-state index contributed by atoms with van der Waals surface area (Å²) in [7, 11) is -3.64. The Bertz CT molecular complexity index is 1420. The highest BCUT2D eigenvalue weighted by Crippen LogP contribution is 2.36. The molecule has 0 aliphatic heterocycles. The lowest BCUT2D eigenvalue weighted by molar-refractivity contribution is 0.0972. The van der Waals surface area contributed by atoms with Gasteiger partial charge in [-0.15, -0.1) is 0 Å². The van der Waals surface area contributed by atoms with Crippen molar-refractivity contribution in [1.29, 1.82) is 0 Å². The molecule has 6 nitrogen and oxygen atoms in total. The van der Waals surface area contributed by atoms with E-state index in [4.69, 9.17) is 4.74 Å². The third kappa shape index (κ3) is 5.05. The van der Waals surface area contributed by atoms with Crippen molar-refractivity contribution >= 4 is 15.6 Å². The highest BCUT2D eigenvalue weighted by molar-refractivity contribution is 7.90. The number of carbonyl (C=O) groups is 1. The summed E-state index contributed by atoms with van der Waals surface area (Å²) < 4.78 is 35.3. The Balaban J connectivity index is 1.58. The molecule has 0 spiro atoms. The molecule has 0 fully saturated rings. The Morgan fingerprint density at radius 3 is 2.40 bits per heavy atom. The Morgan fingerprint density at radius 1 is 0.943 bits per heavy atom. The molecule has 0 radical (unpaired) electrons. The minimum Gasteiger partial charge on any atom is -0.484 e. The smallest absolute Gasteiger partial charge is 0.182 e. The van der Waals surface area contributed by atoms with Crippen LogP contribution in [0.15, 0.2) is 96.4 Å². The van der Waals surface area contributed by atoms with Gasteiger partial charge < -0.3 is 9.30 Å². The van der Waals surface area contributed by atoms with Crippen LogP contribution in [0.25, 0.3) is 0 Å². The topological polar surface area (TPSA) is 78.3 Å². The molecular weight excluding hydrogens is 460 g/mol. The molecule has 3 aromatic carbocycles. The van der Waals surface area contributed by atoms with E-state index in [1.165, 1.54) is 0 Å². The highest BCUT2D eigenvalue weighted by Gasteiger charge is 2.28. The Morgan fingerprint density at radius 2 is 1.69 bits per heavy atom. The van der Waals surface area contributed by atoms with E-state index in [0.29, 0.717) is 42.7 Å². The molecule has 0 amide bonds. The molecule has 1 heterocycles. The van der Waals surface area contributed by atoms with Crippen molar-refractivity contribution in [2.45, 2.75) is 42.6 Å². The Kier molecular flexibility index (Phi) is 6.51. The van der Waals surface area contributed by atoms with Gasteiger partial charge in [-0.2, -0.15) is 0 Å². The van der Waals surface area contributed by atoms with Crippen molar-refractivity contribution < 1.29 is 17.9 Å². The van der Waals surface area contributed by atoms with E-state index >= 15 is 0 Å². The molecule has 7 heteroatoms. The number of hydrogen-bond acceptors (Lipinski definition) is 5. The molecule has 1 atom stereocenters. The zero-order valence-corrected chi connectivity index (χ0v) is 20.0. The van der Waals surface area contributed by atoms with Crippen LogP contribution < -0.4 is 4.74 Å². The van der Waals surface area contributed by atoms with Gasteiger partial charge in [-0.25, -0.2) is 13.4 Å². The number of hydrogen-bond donors (Lipinski definition) is 0. The van der Waals surface area contributed by atoms with Crippen molar-refractivity contribution in [2.24, 2.45) is 0 Å². The SMILES string of the molecule is O=C1CCCc2c1ccc(O[C@H](Cn1ccnc1)c1ccccc1)c2CS(=O)(=O)c1ccccc1. The number of aromatic nitrogens is 2. The number of carbonyl (C=O) groups excluding carboxylic acids is 1. The minimum absolute atomic E-state index is 0.0502. The van der Waals surface area contributed by atoms with E-state index in [-0.39, 0.29) is 22.5 Å². The Hall–Kier alpha value is -3.71. The van der Waals surface area contributed by atoms with E-state index in [0.717, 1.165) is 11.1 Å². The Labute approximate surface area is 205 Å². The first kappa shape index (κ1) is 23.1. The normalized spacial score (nSPS) is 14.3. The van der Waals surface area contributed by atoms with Crippen LogP contribution in [0.2, 0.25) is 0 Å². The summed E-state index contributed by atoms with van der Waals surface area (Å²) in [5, 5.41) is 0. The lowest BCUT2D eigenvalue weighted by Crippen LogP contribution is -2.19. The monoisotopic (exact) mass is 486 g/mol. The van der Waals surface area contributed by atoms with Crippen LogP contribution in [0.4, 0.5) is 0 Å². The van der Waals surface area contributed by atoms with Crippen LogP contribution >= 0.6 is 0 Å². The van der Waals surface area contributed by atoms with Crippen LogP contribution in [0.5, 0.6) is 5.75 Å². The average molecular weight is 487 g/mol. The van der Waals surface area contributed by atoms with Crippen LogP contribution in [0.1, 0.15) is 46.0 Å². The highest BCUT2D eigenvalue weighted by atomic mass is 32.2. The van der Waals surface area contributed by atoms with Crippen molar-refractivity contribution in [3.8, 4) is 5.75 Å². The van der Waals surface area contributed by atoms with Gasteiger partial charge in [0.15, 0.2) is 15.6 Å². The standard InChI is InChI=1S/C28H26N2O4S/c31-26-13-7-12-23-24(26)14-15-27(25(23)19-35(32,33)22-10-5-2-6-11-22)34-28(18-30-17-16-29-20-30)21-8-3-1-4-9-21/h1-6,8-11,14-17,20,28H,7,12-13,18-19H2/t28-/m1/s1. The second-order valence-corrected chi connectivity index (χ2v) is 10.7. The van der Waals surface area contributed by atoms with Crippen molar-refractivity contribution in [3.63, 3.8) is 0 Å². The fraction of sp³-hybridized carbons (Fsp3) is 0.214. The third-order valence-corrected chi connectivity index (χ3v) is 7.99. The zero-order valence-electron chi connectivity index (χ0n) is 19.2. The fourth-order valence-electron chi connectivity index (χ4n) is 4.57. The molecule has 1 aliphatic carbocycles. The summed E-state index contributed by atoms with van der Waals surface area (Å²) in [6, 6.07) is 21.8. The lowest BCUT2D eigenvalue weighted by Gasteiger charge is -2.25. The molecule has 1 aromatic heterocycles. The summed E-state index contributed by atoms with van der Waals surface area (Å²) in [6.07, 6.45) is 6.76. The van der Waals surface area contributed by atoms with Crippen LogP contribution in [0, 0.1) is 0 Å². The maximum Gasteiger partial charge on any atom is 0.182 e. The first-order valence-electron chi connectivity index (χ1n) is 11.6. The van der Waals surface area contributed by atoms with Crippen molar-refractivity contribution in [1.82, 2.24) is 9.55 Å². The van der Waals surface area contributed by atoms with Crippen LogP contribution in [0.3, 0.4) is 0 Å². The van der Waals surface area contributed by atoms with E-state index in [1.807, 2.05) is 41.1 Å². The molecule has 0 unspecified atom stereocenters. The molecule has 5 rings (SSSR count). The van der Waals surface area contributed by atoms with Gasteiger partial charge in [0.2, 0.25) is 0 Å². The summed E-state index contributed by atoms with van der Waals surface area (Å²) in [6.45, 7) is 0.505. The van der Waals surface area contributed by atoms with Gasteiger partial charge in [0.1, 0.15) is 11.9 Å². The van der Waals surface area contributed by atoms with Gasteiger partial charge in [0.25, 0.3) is 0 Å². The first-order chi connectivity index (χ1) is 17.0. The van der Waals surface area contributed by atoms with Gasteiger partial charge >= 0.3 is 0 Å². The van der Waals surface area contributed by atoms with E-state index < -0.39 is 9.84 Å². The van der Waals surface area contributed by atoms with Crippen molar-refractivity contribution in [3.05, 3.63) is 114 Å². The first-order valence-corrected chi connectivity index (χ1v) is 13.3. The van der Waals surface area contributed by atoms with Gasteiger partial charge in [0, 0.05) is 29.9 Å². The molecule has 0 N–H and O–H groups in total. The predicted molar refractivity (Wildman–Crippen MR) is 133 cm³/mol. The molecule has 0 saturated heterocycles. The summed E-state index contributed by atoms with van der Waals surface area (Å²) in [4.78, 5) is 17.0.